The number of halogens is 1. The fourth-order valence-corrected chi connectivity index (χ4v) is 2.77. The number of nitrogens with zero attached hydrogens (tertiary/aromatic N) is 3. The Morgan fingerprint density at radius 1 is 1.30 bits per heavy atom. The highest BCUT2D eigenvalue weighted by atomic mass is 79.9. The number of aryl methyl sites for hydroxylation is 1. The van der Waals surface area contributed by atoms with E-state index in [2.05, 4.69) is 62.7 Å². The van der Waals surface area contributed by atoms with Crippen molar-refractivity contribution in [3.05, 3.63) is 46.2 Å². The Bertz CT molecular complexity index is 538. The third kappa shape index (κ3) is 4.42. The topological polar surface area (TPSA) is 42.7 Å². The van der Waals surface area contributed by atoms with Gasteiger partial charge in [-0.05, 0) is 43.5 Å². The molecule has 1 atom stereocenters. The van der Waals surface area contributed by atoms with E-state index < -0.39 is 0 Å². The molecule has 1 N–H and O–H groups in total. The van der Waals surface area contributed by atoms with Crippen molar-refractivity contribution < 1.29 is 0 Å². The molecule has 0 saturated carbocycles. The van der Waals surface area contributed by atoms with Crippen molar-refractivity contribution in [1.82, 2.24) is 20.3 Å². The highest BCUT2D eigenvalue weighted by molar-refractivity contribution is 9.10. The van der Waals surface area contributed by atoms with Crippen LogP contribution in [0, 0.1) is 5.92 Å². The van der Waals surface area contributed by atoms with Gasteiger partial charge in [0.1, 0.15) is 0 Å². The molecule has 4 nitrogen and oxygen atoms in total. The highest BCUT2D eigenvalue weighted by Crippen LogP contribution is 2.21. The van der Waals surface area contributed by atoms with Gasteiger partial charge in [0.15, 0.2) is 0 Å². The zero-order chi connectivity index (χ0) is 14.4. The monoisotopic (exact) mass is 336 g/mol. The van der Waals surface area contributed by atoms with Gasteiger partial charge in [-0.2, -0.15) is 0 Å². The number of aromatic nitrogens is 3. The van der Waals surface area contributed by atoms with Crippen LogP contribution in [0.25, 0.3) is 0 Å². The molecule has 108 valence electrons. The van der Waals surface area contributed by atoms with Gasteiger partial charge in [0.05, 0.1) is 5.69 Å². The molecule has 0 aliphatic rings. The van der Waals surface area contributed by atoms with Crippen LogP contribution < -0.4 is 5.32 Å². The summed E-state index contributed by atoms with van der Waals surface area (Å²) in [5, 5.41) is 11.7. The first-order valence-electron chi connectivity index (χ1n) is 6.98. The van der Waals surface area contributed by atoms with Gasteiger partial charge < -0.3 is 5.32 Å². The molecule has 0 aliphatic heterocycles. The maximum atomic E-state index is 4.20. The second-order valence-electron chi connectivity index (χ2n) is 5.06. The third-order valence-corrected chi connectivity index (χ3v) is 4.07. The summed E-state index contributed by atoms with van der Waals surface area (Å²) in [7, 11) is 1.91. The molecule has 2 aromatic rings. The van der Waals surface area contributed by atoms with Crippen molar-refractivity contribution in [2.45, 2.75) is 19.8 Å². The van der Waals surface area contributed by atoms with Crippen molar-refractivity contribution in [2.24, 2.45) is 13.0 Å². The van der Waals surface area contributed by atoms with Crippen LogP contribution in [0.1, 0.15) is 18.2 Å². The van der Waals surface area contributed by atoms with Crippen molar-refractivity contribution >= 4 is 15.9 Å². The first kappa shape index (κ1) is 15.2. The normalized spacial score (nSPS) is 12.6. The van der Waals surface area contributed by atoms with Crippen molar-refractivity contribution in [2.75, 3.05) is 13.1 Å². The summed E-state index contributed by atoms with van der Waals surface area (Å²) in [5.41, 5.74) is 2.40. The largest absolute Gasteiger partial charge is 0.317 e. The lowest BCUT2D eigenvalue weighted by molar-refractivity contribution is 0.473. The fourth-order valence-electron chi connectivity index (χ4n) is 2.32. The first-order valence-corrected chi connectivity index (χ1v) is 7.77. The van der Waals surface area contributed by atoms with Gasteiger partial charge in [-0.25, -0.2) is 0 Å². The summed E-state index contributed by atoms with van der Waals surface area (Å²) in [6, 6.07) is 8.42. The van der Waals surface area contributed by atoms with E-state index in [1.807, 2.05) is 13.2 Å². The zero-order valence-corrected chi connectivity index (χ0v) is 13.6. The number of nitrogens with one attached hydrogen (secondary N) is 1. The molecule has 0 fully saturated rings. The van der Waals surface area contributed by atoms with Gasteiger partial charge >= 0.3 is 0 Å². The lowest BCUT2D eigenvalue weighted by Gasteiger charge is -2.17. The van der Waals surface area contributed by atoms with Crippen molar-refractivity contribution in [3.63, 3.8) is 0 Å². The van der Waals surface area contributed by atoms with Gasteiger partial charge in [-0.3, -0.25) is 4.68 Å². The van der Waals surface area contributed by atoms with Crippen LogP contribution in [0.2, 0.25) is 0 Å². The molecule has 1 unspecified atom stereocenters. The molecular weight excluding hydrogens is 316 g/mol. The molecular formula is C15H21BrN4. The van der Waals surface area contributed by atoms with Gasteiger partial charge in [0, 0.05) is 17.7 Å². The zero-order valence-electron chi connectivity index (χ0n) is 12.0. The van der Waals surface area contributed by atoms with E-state index in [0.717, 1.165) is 31.6 Å². The lowest BCUT2D eigenvalue weighted by atomic mass is 9.95. The summed E-state index contributed by atoms with van der Waals surface area (Å²) in [6.07, 6.45) is 3.98. The van der Waals surface area contributed by atoms with Crippen LogP contribution in [-0.4, -0.2) is 28.1 Å². The Balaban J connectivity index is 2.05. The Morgan fingerprint density at radius 2 is 2.10 bits per heavy atom. The first-order chi connectivity index (χ1) is 9.69. The van der Waals surface area contributed by atoms with Gasteiger partial charge in [-0.15, -0.1) is 5.10 Å². The molecule has 1 aromatic heterocycles. The van der Waals surface area contributed by atoms with Crippen LogP contribution in [0.4, 0.5) is 0 Å². The summed E-state index contributed by atoms with van der Waals surface area (Å²) in [4.78, 5) is 0. The minimum atomic E-state index is 0.519. The average molecular weight is 337 g/mol. The second kappa shape index (κ2) is 7.55. The molecule has 1 heterocycles. The smallest absolute Gasteiger partial charge is 0.0830 e. The number of hydrogen-bond acceptors (Lipinski definition) is 3. The molecule has 0 spiro atoms. The number of rotatable bonds is 7. The molecule has 0 radical (unpaired) electrons. The molecule has 1 aromatic carbocycles. The Hall–Kier alpha value is -1.20. The van der Waals surface area contributed by atoms with E-state index in [1.165, 1.54) is 10.0 Å². The van der Waals surface area contributed by atoms with E-state index in [-0.39, 0.29) is 0 Å². The molecule has 2 rings (SSSR count). The fraction of sp³-hybridized carbons (Fsp3) is 0.467. The SMILES string of the molecule is CCNCC(Cc1cn(C)nn1)Cc1ccccc1Br. The second-order valence-corrected chi connectivity index (χ2v) is 5.91. The van der Waals surface area contributed by atoms with Gasteiger partial charge in [-0.1, -0.05) is 46.3 Å². The molecule has 0 bridgehead atoms. The van der Waals surface area contributed by atoms with E-state index in [1.54, 1.807) is 4.68 Å². The maximum Gasteiger partial charge on any atom is 0.0830 e. The predicted molar refractivity (Wildman–Crippen MR) is 84.6 cm³/mol. The average Bonchev–Trinajstić information content (AvgIpc) is 2.84. The maximum absolute atomic E-state index is 4.20. The Labute approximate surface area is 128 Å². The lowest BCUT2D eigenvalue weighted by Crippen LogP contribution is -2.26. The van der Waals surface area contributed by atoms with Gasteiger partial charge in [0.25, 0.3) is 0 Å². The predicted octanol–water partition coefficient (Wildman–Crippen LogP) is 2.59. The number of hydrogen-bond donors (Lipinski definition) is 1. The van der Waals surface area contributed by atoms with E-state index in [4.69, 9.17) is 0 Å². The Kier molecular flexibility index (Phi) is 5.73. The quantitative estimate of drug-likeness (QED) is 0.845. The summed E-state index contributed by atoms with van der Waals surface area (Å²) >= 11 is 3.63. The van der Waals surface area contributed by atoms with Crippen molar-refractivity contribution in [3.8, 4) is 0 Å². The Morgan fingerprint density at radius 3 is 2.75 bits per heavy atom. The van der Waals surface area contributed by atoms with Crippen LogP contribution in [0.5, 0.6) is 0 Å². The molecule has 0 saturated heterocycles. The van der Waals surface area contributed by atoms with Crippen LogP contribution in [0.3, 0.4) is 0 Å². The minimum Gasteiger partial charge on any atom is -0.317 e. The molecule has 0 amide bonds. The highest BCUT2D eigenvalue weighted by Gasteiger charge is 2.14. The van der Waals surface area contributed by atoms with Crippen molar-refractivity contribution in [1.29, 1.82) is 0 Å². The van der Waals surface area contributed by atoms with Gasteiger partial charge in [0.2, 0.25) is 0 Å². The summed E-state index contributed by atoms with van der Waals surface area (Å²) in [6.45, 7) is 4.12. The molecule has 5 heteroatoms. The standard InChI is InChI=1S/C15H21BrN4/c1-3-17-10-12(9-14-11-20(2)19-18-14)8-13-6-4-5-7-15(13)16/h4-7,11-12,17H,3,8-10H2,1-2H3. The van der Waals surface area contributed by atoms with E-state index in [0.29, 0.717) is 5.92 Å². The van der Waals surface area contributed by atoms with Crippen LogP contribution in [0.15, 0.2) is 34.9 Å². The summed E-state index contributed by atoms with van der Waals surface area (Å²) < 4.78 is 2.94. The van der Waals surface area contributed by atoms with E-state index in [9.17, 15) is 0 Å². The third-order valence-electron chi connectivity index (χ3n) is 3.30. The van der Waals surface area contributed by atoms with Crippen LogP contribution in [-0.2, 0) is 19.9 Å². The minimum absolute atomic E-state index is 0.519. The summed E-state index contributed by atoms with van der Waals surface area (Å²) in [5.74, 6) is 0.519. The van der Waals surface area contributed by atoms with Crippen LogP contribution >= 0.6 is 15.9 Å². The molecule has 0 aliphatic carbocycles. The number of benzene rings is 1. The van der Waals surface area contributed by atoms with E-state index >= 15 is 0 Å². The molecule has 20 heavy (non-hydrogen) atoms.